The Bertz CT molecular complexity index is 8020. The first-order valence-corrected chi connectivity index (χ1v) is 56.6. The summed E-state index contributed by atoms with van der Waals surface area (Å²) >= 11 is 0. The second kappa shape index (κ2) is 38.9. The SMILES string of the molecule is Cc1cc2c(cc1-c1cccc[n+]1C)C(C)(C)c1ccccc1C2(C)C.Cc1cc2c(cc1-c1cccc[n+]1C)C(C)(C)c1ccccc1N2C.Cc1cc2c(cc1-c1ccnc[n+]1C)[Si](C)(C)c1ccccc1N2C.Cc1ccc2c(c1-c1cccc[n+]1C)Oc1ncccc1C2(C)C.Cc1ccc2c(c1-c1cccc[n+]1C)Oc1ncccc1O2.Cc1ccc2c(c1-c1cccc[n+]1C)[Si](C)(C)c1ncccc1O2. The van der Waals surface area contributed by atoms with Crippen molar-refractivity contribution in [1.82, 2.24) is 19.9 Å². The zero-order valence-corrected chi connectivity index (χ0v) is 91.3. The van der Waals surface area contributed by atoms with E-state index in [1.807, 2.05) is 92.6 Å². The minimum Gasteiger partial charge on any atom is -0.456 e. The fraction of sp³-hybridized carbons (Fsp3) is 0.234. The van der Waals surface area contributed by atoms with Gasteiger partial charge in [0.2, 0.25) is 34.3 Å². The van der Waals surface area contributed by atoms with Gasteiger partial charge in [-0.05, 0) is 234 Å². The molecule has 1 aliphatic carbocycles. The van der Waals surface area contributed by atoms with Gasteiger partial charge in [0.15, 0.2) is 48.2 Å². The van der Waals surface area contributed by atoms with E-state index in [-0.39, 0.29) is 21.7 Å². The van der Waals surface area contributed by atoms with Crippen LogP contribution in [0.15, 0.2) is 341 Å². The third-order valence-corrected chi connectivity index (χ3v) is 38.0. The summed E-state index contributed by atoms with van der Waals surface area (Å²) < 4.78 is 37.4. The molecule has 0 fully saturated rings. The Morgan fingerprint density at radius 2 is 0.678 bits per heavy atom. The van der Waals surface area contributed by atoms with Crippen molar-refractivity contribution in [2.24, 2.45) is 42.3 Å². The van der Waals surface area contributed by atoms with Gasteiger partial charge in [-0.15, -0.1) is 0 Å². The quantitative estimate of drug-likeness (QED) is 0.118. The lowest BCUT2D eigenvalue weighted by Gasteiger charge is -2.44. The highest BCUT2D eigenvalue weighted by molar-refractivity contribution is 7.03. The number of aryl methyl sites for hydroxylation is 12. The molecule has 0 saturated heterocycles. The van der Waals surface area contributed by atoms with E-state index in [9.17, 15) is 0 Å². The van der Waals surface area contributed by atoms with Crippen LogP contribution in [0.4, 0.5) is 22.7 Å². The number of ether oxygens (including phenoxy) is 4. The highest BCUT2D eigenvalue weighted by Crippen LogP contribution is 2.56. The fourth-order valence-corrected chi connectivity index (χ4v) is 28.9. The van der Waals surface area contributed by atoms with Crippen LogP contribution in [0.3, 0.4) is 0 Å². The van der Waals surface area contributed by atoms with Crippen LogP contribution in [-0.4, -0.2) is 50.2 Å². The van der Waals surface area contributed by atoms with Crippen molar-refractivity contribution in [2.45, 2.75) is 145 Å². The van der Waals surface area contributed by atoms with E-state index in [4.69, 9.17) is 18.9 Å². The molecule has 0 unspecified atom stereocenters. The molecule has 0 radical (unpaired) electrons. The molecule has 9 aromatic carbocycles. The lowest BCUT2D eigenvalue weighted by molar-refractivity contribution is -0.663. The van der Waals surface area contributed by atoms with Crippen molar-refractivity contribution in [2.75, 3.05) is 23.9 Å². The lowest BCUT2D eigenvalue weighted by atomic mass is 9.59. The molecule has 146 heavy (non-hydrogen) atoms. The Hall–Kier alpha value is -15.5. The normalized spacial score (nSPS) is 14.6. The van der Waals surface area contributed by atoms with Crippen LogP contribution in [0.25, 0.3) is 67.5 Å². The third kappa shape index (κ3) is 17.7. The number of benzene rings is 9. The summed E-state index contributed by atoms with van der Waals surface area (Å²) in [5.74, 6) is 6.10. The van der Waals surface area contributed by atoms with Crippen molar-refractivity contribution in [3.8, 4) is 114 Å². The van der Waals surface area contributed by atoms with Crippen molar-refractivity contribution in [3.05, 3.63) is 419 Å². The van der Waals surface area contributed by atoms with Gasteiger partial charge in [0.1, 0.15) is 80.5 Å². The van der Waals surface area contributed by atoms with Crippen LogP contribution in [0.1, 0.15) is 133 Å². The number of pyridine rings is 8. The van der Waals surface area contributed by atoms with Crippen LogP contribution in [0, 0.1) is 41.5 Å². The molecule has 6 aliphatic rings. The van der Waals surface area contributed by atoms with E-state index in [0.717, 1.165) is 56.2 Å². The highest BCUT2D eigenvalue weighted by Gasteiger charge is 2.47. The van der Waals surface area contributed by atoms with Gasteiger partial charge in [-0.1, -0.05) is 184 Å². The molecule has 0 spiro atoms. The second-order valence-electron chi connectivity index (χ2n) is 42.9. The second-order valence-corrected chi connectivity index (χ2v) is 51.4. The third-order valence-electron chi connectivity index (χ3n) is 31.2. The maximum atomic E-state index is 6.31. The Balaban J connectivity index is 0.000000111. The van der Waals surface area contributed by atoms with Gasteiger partial charge in [-0.3, -0.25) is 4.98 Å². The molecule has 732 valence electrons. The summed E-state index contributed by atoms with van der Waals surface area (Å²) in [5.41, 5.74) is 38.2. The Labute approximate surface area is 864 Å². The number of para-hydroxylation sites is 2. The Kier molecular flexibility index (Phi) is 26.4. The van der Waals surface area contributed by atoms with Crippen molar-refractivity contribution in [1.29, 1.82) is 0 Å². The zero-order valence-electron chi connectivity index (χ0n) is 89.3. The number of rotatable bonds is 6. The maximum Gasteiger partial charge on any atom is 0.286 e. The van der Waals surface area contributed by atoms with Gasteiger partial charge >= 0.3 is 0 Å². The summed E-state index contributed by atoms with van der Waals surface area (Å²) in [7, 11) is 13.1. The number of fused-ring (bicyclic) bond motifs is 12. The van der Waals surface area contributed by atoms with Crippen molar-refractivity contribution >= 4 is 59.8 Å². The highest BCUT2D eigenvalue weighted by atomic mass is 28.3. The fourth-order valence-electron chi connectivity index (χ4n) is 22.8. The van der Waals surface area contributed by atoms with Crippen LogP contribution in [-0.2, 0) is 63.9 Å². The molecule has 16 nitrogen and oxygen atoms in total. The van der Waals surface area contributed by atoms with Gasteiger partial charge in [0.25, 0.3) is 12.2 Å². The van der Waals surface area contributed by atoms with E-state index in [2.05, 4.69) is 473 Å². The molecule has 0 atom stereocenters. The number of aromatic nitrogens is 10. The molecule has 14 heterocycles. The largest absolute Gasteiger partial charge is 0.456 e. The molecule has 18 aromatic rings. The number of anilines is 4. The summed E-state index contributed by atoms with van der Waals surface area (Å²) in [5, 5.41) is 5.49. The van der Waals surface area contributed by atoms with Crippen molar-refractivity contribution < 1.29 is 46.4 Å². The van der Waals surface area contributed by atoms with Crippen LogP contribution in [0.2, 0.25) is 26.2 Å². The lowest BCUT2D eigenvalue weighted by Crippen LogP contribution is -2.58. The predicted molar refractivity (Wildman–Crippen MR) is 595 cm³/mol. The maximum absolute atomic E-state index is 6.31. The van der Waals surface area contributed by atoms with E-state index >= 15 is 0 Å². The van der Waals surface area contributed by atoms with Gasteiger partial charge < -0.3 is 28.7 Å². The standard InChI is InChI=1S/C25H28N.C23H25N2.C21H24N3Si.C21H21N2O.C20H21N2OSi.C18H15N2O2/c1-17-15-21-22(16-18(17)23-13-9-10-14-26(23)6)25(4,5)20-12-8-7-11-19(20)24(21,2)3;1-16-14-22-19(15-17(16)20-11-8-9-13-24(20)4)23(2,3)18-10-6-7-12-21(18)25(22)5;1-15-12-19-21(13-16(15)17-10-11-22-14-23(17)2)25(4,5)20-9-7-6-8-18(20)24(19)3;1-14-10-11-15-19(18(14)17-9-5-6-13-23(17)4)24-20-16(21(15,2)3)8-7-12-22-20;1-14-10-11-16-19(18(14)15-8-5-6-13-22(15)2)24(3,4)20-17(23-16)9-7-12-21-20;1-12-8-9-14-17(16(12)13-6-3-4-11-20(13)2)22-18-15(21-14)7-5-10-19-18/h7-16H,1-6H3;6-15H,1-5H3;6-14H,1-5H3;2*5-13H,1-4H3;3-11H,1-2H3/q6*+1. The predicted octanol–water partition coefficient (Wildman–Crippen LogP) is 24.0. The average molecular weight is 1960 g/mol. The number of nitrogens with zero attached hydrogens (tertiary/aromatic N) is 12. The number of hydrogen-bond donors (Lipinski definition) is 0. The summed E-state index contributed by atoms with van der Waals surface area (Å²) in [6.07, 6.45) is 19.5. The van der Waals surface area contributed by atoms with Gasteiger partial charge in [0.05, 0.1) is 29.1 Å². The van der Waals surface area contributed by atoms with Gasteiger partial charge in [-0.2, -0.15) is 0 Å². The smallest absolute Gasteiger partial charge is 0.286 e. The van der Waals surface area contributed by atoms with Crippen molar-refractivity contribution in [3.63, 3.8) is 0 Å². The molecule has 5 aliphatic heterocycles. The van der Waals surface area contributed by atoms with Crippen LogP contribution in [0.5, 0.6) is 46.3 Å². The van der Waals surface area contributed by atoms with E-state index in [0.29, 0.717) is 29.0 Å². The minimum atomic E-state index is -1.96. The zero-order chi connectivity index (χ0) is 103. The van der Waals surface area contributed by atoms with Gasteiger partial charge in [0, 0.05) is 177 Å². The molecular weight excluding hydrogens is 1830 g/mol. The van der Waals surface area contributed by atoms with E-state index in [1.54, 1.807) is 12.4 Å². The van der Waals surface area contributed by atoms with Crippen LogP contribution >= 0.6 is 0 Å². The molecule has 0 amide bonds. The topological polar surface area (TPSA) is 118 Å². The molecule has 9 aromatic heterocycles. The first kappa shape index (κ1) is 99.2. The minimum absolute atomic E-state index is 0.00273. The van der Waals surface area contributed by atoms with E-state index in [1.165, 1.54) is 150 Å². The molecular formula is C128H134N12O4Si2+6. The Morgan fingerprint density at radius 3 is 1.26 bits per heavy atom. The molecule has 18 heteroatoms. The van der Waals surface area contributed by atoms with Gasteiger partial charge in [-0.25, -0.2) is 37.4 Å². The number of hydrogen-bond acceptors (Lipinski definition) is 10. The average Bonchev–Trinajstić information content (AvgIpc) is 0.707. The molecule has 0 N–H and O–H groups in total. The molecule has 0 bridgehead atoms. The first-order valence-electron chi connectivity index (χ1n) is 50.6. The summed E-state index contributed by atoms with van der Waals surface area (Å²) in [4.78, 5) is 22.3. The molecule has 0 saturated carbocycles. The first-order chi connectivity index (χ1) is 69.8. The van der Waals surface area contributed by atoms with E-state index < -0.39 is 16.1 Å². The van der Waals surface area contributed by atoms with Crippen LogP contribution < -0.4 is 77.0 Å². The molecule has 24 rings (SSSR count). The summed E-state index contributed by atoms with van der Waals surface area (Å²) in [6, 6.07) is 98.9. The Morgan fingerprint density at radius 1 is 0.267 bits per heavy atom. The summed E-state index contributed by atoms with van der Waals surface area (Å²) in [6.45, 7) is 41.3. The monoisotopic (exact) mass is 1960 g/mol.